The van der Waals surface area contributed by atoms with Crippen LogP contribution in [-0.4, -0.2) is 38.1 Å². The van der Waals surface area contributed by atoms with Gasteiger partial charge in [-0.1, -0.05) is 17.7 Å². The quantitative estimate of drug-likeness (QED) is 0.810. The van der Waals surface area contributed by atoms with E-state index >= 15 is 0 Å². The van der Waals surface area contributed by atoms with Gasteiger partial charge in [-0.3, -0.25) is 4.79 Å². The molecule has 1 aliphatic heterocycles. The zero-order valence-corrected chi connectivity index (χ0v) is 17.2. The Morgan fingerprint density at radius 3 is 2.38 bits per heavy atom. The molecule has 29 heavy (non-hydrogen) atoms. The van der Waals surface area contributed by atoms with Gasteiger partial charge in [0.15, 0.2) is 0 Å². The minimum Gasteiger partial charge on any atom is -0.497 e. The molecule has 3 rings (SSSR count). The van der Waals surface area contributed by atoms with Crippen molar-refractivity contribution in [1.82, 2.24) is 10.2 Å². The van der Waals surface area contributed by atoms with E-state index in [2.05, 4.69) is 10.6 Å². The molecule has 7 nitrogen and oxygen atoms in total. The van der Waals surface area contributed by atoms with Crippen LogP contribution in [0.1, 0.15) is 24.1 Å². The summed E-state index contributed by atoms with van der Waals surface area (Å²) in [5.41, 5.74) is 3.41. The summed E-state index contributed by atoms with van der Waals surface area (Å²) in [5.74, 6) is 0.854. The second-order valence-electron chi connectivity index (χ2n) is 6.87. The van der Waals surface area contributed by atoms with Gasteiger partial charge in [0.2, 0.25) is 0 Å². The molecule has 2 aromatic rings. The topological polar surface area (TPSA) is 79.9 Å². The smallest absolute Gasteiger partial charge is 0.322 e. The molecule has 7 heteroatoms. The molecular weight excluding hydrogens is 370 g/mol. The van der Waals surface area contributed by atoms with E-state index in [1.54, 1.807) is 46.4 Å². The van der Waals surface area contributed by atoms with Crippen molar-refractivity contribution in [2.45, 2.75) is 19.9 Å². The minimum atomic E-state index is -0.686. The van der Waals surface area contributed by atoms with Crippen LogP contribution in [0.25, 0.3) is 0 Å². The number of anilines is 1. The van der Waals surface area contributed by atoms with Gasteiger partial charge in [-0.15, -0.1) is 0 Å². The standard InChI is InChI=1S/C22H25N3O4/c1-13-6-8-15(9-7-13)23-21(26)19-14(2)25(3)22(27)24-20(19)17-12-16(28-4)10-11-18(17)29-5/h6-12,20H,1-5H3,(H,23,26)(H,24,27). The highest BCUT2D eigenvalue weighted by Gasteiger charge is 2.35. The van der Waals surface area contributed by atoms with Crippen molar-refractivity contribution in [3.05, 3.63) is 64.9 Å². The molecule has 152 valence electrons. The van der Waals surface area contributed by atoms with Crippen LogP contribution < -0.4 is 20.1 Å². The Labute approximate surface area is 170 Å². The number of rotatable bonds is 5. The van der Waals surface area contributed by atoms with E-state index in [1.807, 2.05) is 31.2 Å². The number of nitrogens with zero attached hydrogens (tertiary/aromatic N) is 1. The fourth-order valence-electron chi connectivity index (χ4n) is 3.26. The van der Waals surface area contributed by atoms with Crippen LogP contribution >= 0.6 is 0 Å². The highest BCUT2D eigenvalue weighted by Crippen LogP contribution is 2.37. The van der Waals surface area contributed by atoms with Crippen LogP contribution in [0.4, 0.5) is 10.5 Å². The maximum atomic E-state index is 13.2. The molecule has 3 amide bonds. The van der Waals surface area contributed by atoms with Gasteiger partial charge in [-0.05, 0) is 44.2 Å². The summed E-state index contributed by atoms with van der Waals surface area (Å²) in [6.45, 7) is 3.73. The van der Waals surface area contributed by atoms with E-state index < -0.39 is 6.04 Å². The molecule has 0 fully saturated rings. The van der Waals surface area contributed by atoms with Crippen molar-refractivity contribution >= 4 is 17.6 Å². The first kappa shape index (κ1) is 20.3. The second-order valence-corrected chi connectivity index (χ2v) is 6.87. The third kappa shape index (κ3) is 4.03. The molecule has 0 spiro atoms. The maximum absolute atomic E-state index is 13.2. The minimum absolute atomic E-state index is 0.298. The number of ether oxygens (including phenoxy) is 2. The molecule has 1 heterocycles. The first-order chi connectivity index (χ1) is 13.8. The number of nitrogens with one attached hydrogen (secondary N) is 2. The van der Waals surface area contributed by atoms with Crippen LogP contribution in [0, 0.1) is 6.92 Å². The Hall–Kier alpha value is -3.48. The summed E-state index contributed by atoms with van der Waals surface area (Å²) in [5, 5.41) is 5.82. The van der Waals surface area contributed by atoms with Crippen molar-refractivity contribution in [1.29, 1.82) is 0 Å². The molecule has 0 bridgehead atoms. The van der Waals surface area contributed by atoms with Crippen molar-refractivity contribution in [2.75, 3.05) is 26.6 Å². The number of urea groups is 1. The lowest BCUT2D eigenvalue weighted by molar-refractivity contribution is -0.113. The Morgan fingerprint density at radius 1 is 1.07 bits per heavy atom. The number of allylic oxidation sites excluding steroid dienone is 1. The summed E-state index contributed by atoms with van der Waals surface area (Å²) in [6.07, 6.45) is 0. The van der Waals surface area contributed by atoms with E-state index in [1.165, 1.54) is 4.90 Å². The molecule has 1 unspecified atom stereocenters. The normalized spacial score (nSPS) is 16.4. The van der Waals surface area contributed by atoms with Crippen molar-refractivity contribution < 1.29 is 19.1 Å². The lowest BCUT2D eigenvalue weighted by Crippen LogP contribution is -2.46. The maximum Gasteiger partial charge on any atom is 0.322 e. The Bertz CT molecular complexity index is 967. The highest BCUT2D eigenvalue weighted by molar-refractivity contribution is 6.06. The summed E-state index contributed by atoms with van der Waals surface area (Å²) in [7, 11) is 4.73. The number of carbonyl (C=O) groups is 2. The summed E-state index contributed by atoms with van der Waals surface area (Å²) in [4.78, 5) is 27.1. The van der Waals surface area contributed by atoms with Crippen LogP contribution in [0.15, 0.2) is 53.7 Å². The largest absolute Gasteiger partial charge is 0.497 e. The molecule has 1 aliphatic rings. The molecule has 2 N–H and O–H groups in total. The fraction of sp³-hybridized carbons (Fsp3) is 0.273. The van der Waals surface area contributed by atoms with Gasteiger partial charge in [0.1, 0.15) is 11.5 Å². The number of methoxy groups -OCH3 is 2. The molecule has 0 radical (unpaired) electrons. The monoisotopic (exact) mass is 395 g/mol. The Morgan fingerprint density at radius 2 is 1.76 bits per heavy atom. The van der Waals surface area contributed by atoms with Gasteiger partial charge in [-0.2, -0.15) is 0 Å². The number of amides is 3. The molecule has 2 aromatic carbocycles. The number of hydrogen-bond donors (Lipinski definition) is 2. The number of carbonyl (C=O) groups excluding carboxylic acids is 2. The first-order valence-electron chi connectivity index (χ1n) is 9.20. The third-order valence-corrected chi connectivity index (χ3v) is 5.06. The first-order valence-corrected chi connectivity index (χ1v) is 9.20. The zero-order valence-electron chi connectivity index (χ0n) is 17.2. The Kier molecular flexibility index (Phi) is 5.77. The van der Waals surface area contributed by atoms with E-state index in [9.17, 15) is 9.59 Å². The Balaban J connectivity index is 2.06. The highest BCUT2D eigenvalue weighted by atomic mass is 16.5. The fourth-order valence-corrected chi connectivity index (χ4v) is 3.26. The molecule has 1 atom stereocenters. The number of hydrogen-bond acceptors (Lipinski definition) is 4. The zero-order chi connectivity index (χ0) is 21.1. The van der Waals surface area contributed by atoms with Crippen LogP contribution in [0.2, 0.25) is 0 Å². The van der Waals surface area contributed by atoms with Crippen LogP contribution in [0.5, 0.6) is 11.5 Å². The summed E-state index contributed by atoms with van der Waals surface area (Å²) >= 11 is 0. The van der Waals surface area contributed by atoms with Crippen LogP contribution in [-0.2, 0) is 4.79 Å². The van der Waals surface area contributed by atoms with Crippen LogP contribution in [0.3, 0.4) is 0 Å². The van der Waals surface area contributed by atoms with E-state index in [0.717, 1.165) is 5.56 Å². The number of aryl methyl sites for hydroxylation is 1. The SMILES string of the molecule is COc1ccc(OC)c(C2NC(=O)N(C)C(C)=C2C(=O)Nc2ccc(C)cc2)c1. The predicted molar refractivity (Wildman–Crippen MR) is 111 cm³/mol. The van der Waals surface area contributed by atoms with E-state index in [-0.39, 0.29) is 11.9 Å². The van der Waals surface area contributed by atoms with Crippen molar-refractivity contribution in [3.63, 3.8) is 0 Å². The van der Waals surface area contributed by atoms with E-state index in [4.69, 9.17) is 9.47 Å². The van der Waals surface area contributed by atoms with Crippen molar-refractivity contribution in [2.24, 2.45) is 0 Å². The van der Waals surface area contributed by atoms with Gasteiger partial charge < -0.3 is 25.0 Å². The van der Waals surface area contributed by atoms with Gasteiger partial charge >= 0.3 is 6.03 Å². The average Bonchev–Trinajstić information content (AvgIpc) is 2.72. The average molecular weight is 395 g/mol. The van der Waals surface area contributed by atoms with Gasteiger partial charge in [0.25, 0.3) is 5.91 Å². The molecule has 0 aliphatic carbocycles. The third-order valence-electron chi connectivity index (χ3n) is 5.06. The van der Waals surface area contributed by atoms with Gasteiger partial charge in [0, 0.05) is 24.0 Å². The number of benzene rings is 2. The predicted octanol–water partition coefficient (Wildman–Crippen LogP) is 3.62. The van der Waals surface area contributed by atoms with Gasteiger partial charge in [0.05, 0.1) is 25.8 Å². The molecule has 0 saturated carbocycles. The van der Waals surface area contributed by atoms with E-state index in [0.29, 0.717) is 34.0 Å². The molecular formula is C22H25N3O4. The van der Waals surface area contributed by atoms with Gasteiger partial charge in [-0.25, -0.2) is 4.79 Å². The van der Waals surface area contributed by atoms with Crippen molar-refractivity contribution in [3.8, 4) is 11.5 Å². The molecule has 0 aromatic heterocycles. The summed E-state index contributed by atoms with van der Waals surface area (Å²) in [6, 6.07) is 11.8. The lowest BCUT2D eigenvalue weighted by Gasteiger charge is -2.34. The second kappa shape index (κ2) is 8.26. The molecule has 0 saturated heterocycles. The lowest BCUT2D eigenvalue weighted by atomic mass is 9.93. The summed E-state index contributed by atoms with van der Waals surface area (Å²) < 4.78 is 10.8.